The van der Waals surface area contributed by atoms with Gasteiger partial charge >= 0.3 is 5.97 Å². The monoisotopic (exact) mass is 282 g/mol. The van der Waals surface area contributed by atoms with E-state index in [9.17, 15) is 9.18 Å². The Morgan fingerprint density at radius 3 is 3.05 bits per heavy atom. The first-order valence-corrected chi connectivity index (χ1v) is 6.59. The lowest BCUT2D eigenvalue weighted by molar-refractivity contribution is -0.0182. The van der Waals surface area contributed by atoms with E-state index in [2.05, 4.69) is 17.3 Å². The Bertz CT molecular complexity index is 481. The number of ether oxygens (including phenoxy) is 1. The number of rotatable bonds is 5. The van der Waals surface area contributed by atoms with Gasteiger partial charge < -0.3 is 20.1 Å². The number of carboxylic acids is 1. The van der Waals surface area contributed by atoms with Gasteiger partial charge in [-0.1, -0.05) is 6.07 Å². The third-order valence-electron chi connectivity index (χ3n) is 3.31. The first-order chi connectivity index (χ1) is 9.56. The molecule has 2 N–H and O–H groups in total. The number of carboxylic acid groups (broad SMARTS) is 1. The summed E-state index contributed by atoms with van der Waals surface area (Å²) in [5.74, 6) is -1.95. The predicted molar refractivity (Wildman–Crippen MR) is 72.3 cm³/mol. The van der Waals surface area contributed by atoms with Crippen LogP contribution in [0.1, 0.15) is 15.9 Å². The molecule has 0 aliphatic carbocycles. The van der Waals surface area contributed by atoms with Crippen molar-refractivity contribution < 1.29 is 19.0 Å². The molecule has 1 saturated heterocycles. The number of aromatic carboxylic acids is 1. The lowest BCUT2D eigenvalue weighted by Gasteiger charge is -2.30. The predicted octanol–water partition coefficient (Wildman–Crippen LogP) is 0.944. The van der Waals surface area contributed by atoms with Crippen molar-refractivity contribution in [2.24, 2.45) is 0 Å². The van der Waals surface area contributed by atoms with E-state index < -0.39 is 11.8 Å². The third kappa shape index (κ3) is 4.00. The number of nitrogens with one attached hydrogen (secondary N) is 1. The number of hydrogen-bond acceptors (Lipinski definition) is 4. The van der Waals surface area contributed by atoms with Gasteiger partial charge in [0.2, 0.25) is 0 Å². The largest absolute Gasteiger partial charge is 0.478 e. The van der Waals surface area contributed by atoms with Gasteiger partial charge in [-0.05, 0) is 24.7 Å². The van der Waals surface area contributed by atoms with E-state index in [0.717, 1.165) is 25.3 Å². The second kappa shape index (κ2) is 6.78. The van der Waals surface area contributed by atoms with Crippen LogP contribution in [-0.2, 0) is 11.3 Å². The topological polar surface area (TPSA) is 61.8 Å². The van der Waals surface area contributed by atoms with Crippen molar-refractivity contribution in [3.05, 3.63) is 35.1 Å². The highest BCUT2D eigenvalue weighted by Crippen LogP contribution is 2.10. The maximum Gasteiger partial charge on any atom is 0.338 e. The second-order valence-corrected chi connectivity index (χ2v) is 5.01. The summed E-state index contributed by atoms with van der Waals surface area (Å²) in [5, 5.41) is 12.0. The van der Waals surface area contributed by atoms with Gasteiger partial charge in [-0.25, -0.2) is 9.18 Å². The lowest BCUT2D eigenvalue weighted by atomic mass is 10.1. The standard InChI is InChI=1S/C14H19FN2O3/c1-17-4-5-20-11(9-17)8-16-7-10-2-3-12(14(18)19)13(15)6-10/h2-3,6,11,16H,4-5,7-9H2,1H3,(H,18,19). The average molecular weight is 282 g/mol. The van der Waals surface area contributed by atoms with Crippen molar-refractivity contribution in [3.8, 4) is 0 Å². The molecule has 1 heterocycles. The van der Waals surface area contributed by atoms with Crippen molar-refractivity contribution in [2.45, 2.75) is 12.6 Å². The smallest absolute Gasteiger partial charge is 0.338 e. The Balaban J connectivity index is 1.82. The molecular formula is C14H19FN2O3. The van der Waals surface area contributed by atoms with Crippen molar-refractivity contribution in [1.29, 1.82) is 0 Å². The van der Waals surface area contributed by atoms with Crippen LogP contribution in [0.4, 0.5) is 4.39 Å². The fourth-order valence-corrected chi connectivity index (χ4v) is 2.21. The molecular weight excluding hydrogens is 263 g/mol. The summed E-state index contributed by atoms with van der Waals surface area (Å²) in [6, 6.07) is 4.16. The molecule has 20 heavy (non-hydrogen) atoms. The number of benzene rings is 1. The Hall–Kier alpha value is -1.50. The van der Waals surface area contributed by atoms with Gasteiger partial charge in [0.25, 0.3) is 0 Å². The van der Waals surface area contributed by atoms with Gasteiger partial charge in [0, 0.05) is 26.2 Å². The summed E-state index contributed by atoms with van der Waals surface area (Å²) in [7, 11) is 2.05. The Morgan fingerprint density at radius 1 is 1.60 bits per heavy atom. The number of halogens is 1. The molecule has 1 aliphatic rings. The summed E-state index contributed by atoms with van der Waals surface area (Å²) in [6.45, 7) is 3.72. The van der Waals surface area contributed by atoms with Crippen molar-refractivity contribution >= 4 is 5.97 Å². The summed E-state index contributed by atoms with van der Waals surface area (Å²) in [5.41, 5.74) is 0.419. The maximum atomic E-state index is 13.5. The Kier molecular flexibility index (Phi) is 5.05. The van der Waals surface area contributed by atoms with Crippen LogP contribution >= 0.6 is 0 Å². The molecule has 1 aromatic carbocycles. The zero-order valence-corrected chi connectivity index (χ0v) is 11.4. The van der Waals surface area contributed by atoms with Gasteiger partial charge in [0.1, 0.15) is 5.82 Å². The summed E-state index contributed by atoms with van der Waals surface area (Å²) >= 11 is 0. The number of nitrogens with zero attached hydrogens (tertiary/aromatic N) is 1. The van der Waals surface area contributed by atoms with E-state index in [0.29, 0.717) is 13.1 Å². The minimum absolute atomic E-state index is 0.136. The molecule has 0 radical (unpaired) electrons. The summed E-state index contributed by atoms with van der Waals surface area (Å²) < 4.78 is 19.1. The van der Waals surface area contributed by atoms with Gasteiger partial charge in [-0.15, -0.1) is 0 Å². The quantitative estimate of drug-likeness (QED) is 0.842. The lowest BCUT2D eigenvalue weighted by Crippen LogP contribution is -2.44. The van der Waals surface area contributed by atoms with Crippen LogP contribution in [0.15, 0.2) is 18.2 Å². The molecule has 1 atom stereocenters. The molecule has 0 saturated carbocycles. The third-order valence-corrected chi connectivity index (χ3v) is 3.31. The molecule has 0 amide bonds. The molecule has 6 heteroatoms. The number of likely N-dealkylation sites (N-methyl/N-ethyl adjacent to an activating group) is 1. The zero-order valence-electron chi connectivity index (χ0n) is 11.4. The van der Waals surface area contributed by atoms with Crippen LogP contribution in [0.5, 0.6) is 0 Å². The SMILES string of the molecule is CN1CCOC(CNCc2ccc(C(=O)O)c(F)c2)C1. The highest BCUT2D eigenvalue weighted by atomic mass is 19.1. The average Bonchev–Trinajstić information content (AvgIpc) is 2.38. The molecule has 5 nitrogen and oxygen atoms in total. The molecule has 1 unspecified atom stereocenters. The molecule has 1 aromatic rings. The van der Waals surface area contributed by atoms with E-state index in [1.54, 1.807) is 6.07 Å². The first kappa shape index (κ1) is 14.9. The highest BCUT2D eigenvalue weighted by Gasteiger charge is 2.17. The van der Waals surface area contributed by atoms with Crippen molar-refractivity contribution in [2.75, 3.05) is 33.3 Å². The van der Waals surface area contributed by atoms with Gasteiger partial charge in [-0.2, -0.15) is 0 Å². The van der Waals surface area contributed by atoms with E-state index in [4.69, 9.17) is 9.84 Å². The van der Waals surface area contributed by atoms with Crippen LogP contribution in [0.25, 0.3) is 0 Å². The summed E-state index contributed by atoms with van der Waals surface area (Å²) in [6.07, 6.45) is 0.136. The highest BCUT2D eigenvalue weighted by molar-refractivity contribution is 5.87. The molecule has 1 fully saturated rings. The van der Waals surface area contributed by atoms with Crippen LogP contribution < -0.4 is 5.32 Å². The van der Waals surface area contributed by atoms with Crippen LogP contribution in [-0.4, -0.2) is 55.4 Å². The minimum atomic E-state index is -1.25. The molecule has 2 rings (SSSR count). The fraction of sp³-hybridized carbons (Fsp3) is 0.500. The minimum Gasteiger partial charge on any atom is -0.478 e. The van der Waals surface area contributed by atoms with Crippen molar-refractivity contribution in [3.63, 3.8) is 0 Å². The van der Waals surface area contributed by atoms with Crippen molar-refractivity contribution in [1.82, 2.24) is 10.2 Å². The normalized spacial score (nSPS) is 20.0. The van der Waals surface area contributed by atoms with E-state index in [1.807, 2.05) is 0 Å². The molecule has 0 spiro atoms. The van der Waals surface area contributed by atoms with Gasteiger partial charge in [0.15, 0.2) is 0 Å². The zero-order chi connectivity index (χ0) is 14.5. The molecule has 0 bridgehead atoms. The van der Waals surface area contributed by atoms with Crippen LogP contribution in [0, 0.1) is 5.82 Å². The van der Waals surface area contributed by atoms with E-state index >= 15 is 0 Å². The maximum absolute atomic E-state index is 13.5. The van der Waals surface area contributed by atoms with Gasteiger partial charge in [-0.3, -0.25) is 0 Å². The second-order valence-electron chi connectivity index (χ2n) is 5.01. The number of hydrogen-bond donors (Lipinski definition) is 2. The molecule has 110 valence electrons. The molecule has 1 aliphatic heterocycles. The fourth-order valence-electron chi connectivity index (χ4n) is 2.21. The Labute approximate surface area is 117 Å². The number of morpholine rings is 1. The van der Waals surface area contributed by atoms with Crippen LogP contribution in [0.3, 0.4) is 0 Å². The summed E-state index contributed by atoms with van der Waals surface area (Å²) in [4.78, 5) is 12.9. The van der Waals surface area contributed by atoms with Gasteiger partial charge in [0.05, 0.1) is 18.3 Å². The van der Waals surface area contributed by atoms with E-state index in [1.165, 1.54) is 12.1 Å². The Morgan fingerprint density at radius 2 is 2.40 bits per heavy atom. The first-order valence-electron chi connectivity index (χ1n) is 6.59. The van der Waals surface area contributed by atoms with E-state index in [-0.39, 0.29) is 11.7 Å². The van der Waals surface area contributed by atoms with Crippen LogP contribution in [0.2, 0.25) is 0 Å². The number of carbonyl (C=O) groups is 1. The molecule has 0 aromatic heterocycles.